The maximum Gasteiger partial charge on any atom is 0.253 e. The van der Waals surface area contributed by atoms with Gasteiger partial charge in [0.2, 0.25) is 5.88 Å². The van der Waals surface area contributed by atoms with Crippen molar-refractivity contribution < 1.29 is 9.53 Å². The third-order valence-corrected chi connectivity index (χ3v) is 3.53. The third kappa shape index (κ3) is 4.38. The Morgan fingerprint density at radius 1 is 1.12 bits per heavy atom. The third-order valence-electron chi connectivity index (χ3n) is 3.53. The summed E-state index contributed by atoms with van der Waals surface area (Å²) in [7, 11) is 0. The average Bonchev–Trinajstić information content (AvgIpc) is 2.68. The van der Waals surface area contributed by atoms with Crippen molar-refractivity contribution in [3.63, 3.8) is 0 Å². The average molecular weight is 334 g/mol. The molecule has 3 rings (SSSR count). The Bertz CT molecular complexity index is 836. The van der Waals surface area contributed by atoms with Crippen LogP contribution in [0, 0.1) is 0 Å². The molecule has 0 aromatic carbocycles. The number of hydrogen-bond donors (Lipinski definition) is 1. The van der Waals surface area contributed by atoms with Gasteiger partial charge in [0.05, 0.1) is 17.9 Å². The molecule has 3 aromatic rings. The molecule has 3 heterocycles. The predicted molar refractivity (Wildman–Crippen MR) is 94.0 cm³/mol. The summed E-state index contributed by atoms with van der Waals surface area (Å²) in [5, 5.41) is 2.88. The Labute approximate surface area is 145 Å². The molecule has 0 aliphatic heterocycles. The Kier molecular flexibility index (Phi) is 5.31. The van der Waals surface area contributed by atoms with E-state index in [0.29, 0.717) is 24.6 Å². The van der Waals surface area contributed by atoms with Crippen molar-refractivity contribution in [2.75, 3.05) is 6.61 Å². The maximum atomic E-state index is 12.2. The van der Waals surface area contributed by atoms with E-state index in [1.807, 2.05) is 31.2 Å². The van der Waals surface area contributed by atoms with Crippen LogP contribution in [0.3, 0.4) is 0 Å². The highest BCUT2D eigenvalue weighted by Gasteiger charge is 2.07. The molecule has 6 heteroatoms. The zero-order chi connectivity index (χ0) is 17.5. The minimum Gasteiger partial charge on any atom is -0.478 e. The first-order valence-electron chi connectivity index (χ1n) is 7.98. The molecule has 1 N–H and O–H groups in total. The van der Waals surface area contributed by atoms with Gasteiger partial charge in [-0.3, -0.25) is 14.8 Å². The molecule has 0 saturated heterocycles. The summed E-state index contributed by atoms with van der Waals surface area (Å²) in [5.41, 5.74) is 3.21. The first-order chi connectivity index (χ1) is 12.3. The van der Waals surface area contributed by atoms with Crippen LogP contribution in [0.2, 0.25) is 0 Å². The van der Waals surface area contributed by atoms with E-state index < -0.39 is 0 Å². The number of pyridine rings is 3. The molecule has 126 valence electrons. The number of amides is 1. The fourth-order valence-electron chi connectivity index (χ4n) is 2.29. The largest absolute Gasteiger partial charge is 0.478 e. The Hall–Kier alpha value is -3.28. The fraction of sp³-hybridized carbons (Fsp3) is 0.158. The lowest BCUT2D eigenvalue weighted by Crippen LogP contribution is -2.23. The molecule has 6 nitrogen and oxygen atoms in total. The molecule has 1 amide bonds. The fourth-order valence-corrected chi connectivity index (χ4v) is 2.29. The van der Waals surface area contributed by atoms with E-state index in [2.05, 4.69) is 20.3 Å². The summed E-state index contributed by atoms with van der Waals surface area (Å²) in [6, 6.07) is 11.0. The van der Waals surface area contributed by atoms with E-state index in [-0.39, 0.29) is 5.91 Å². The summed E-state index contributed by atoms with van der Waals surface area (Å²) in [5.74, 6) is 0.324. The highest BCUT2D eigenvalue weighted by Crippen LogP contribution is 2.16. The minimum atomic E-state index is -0.185. The number of carbonyl (C=O) groups is 1. The zero-order valence-electron chi connectivity index (χ0n) is 13.8. The Balaban J connectivity index is 1.64. The molecule has 0 spiro atoms. The predicted octanol–water partition coefficient (Wildman–Crippen LogP) is 2.87. The number of nitrogens with one attached hydrogen (secondary N) is 1. The molecule has 0 radical (unpaired) electrons. The van der Waals surface area contributed by atoms with Crippen LogP contribution in [0.5, 0.6) is 5.88 Å². The van der Waals surface area contributed by atoms with Gasteiger partial charge in [-0.05, 0) is 42.8 Å². The molecular weight excluding hydrogens is 316 g/mol. The van der Waals surface area contributed by atoms with E-state index >= 15 is 0 Å². The first kappa shape index (κ1) is 16.6. The van der Waals surface area contributed by atoms with Crippen molar-refractivity contribution in [1.29, 1.82) is 0 Å². The minimum absolute atomic E-state index is 0.185. The molecule has 0 bridgehead atoms. The van der Waals surface area contributed by atoms with Crippen LogP contribution < -0.4 is 10.1 Å². The van der Waals surface area contributed by atoms with E-state index in [4.69, 9.17) is 4.74 Å². The van der Waals surface area contributed by atoms with Crippen LogP contribution in [0.15, 0.2) is 61.2 Å². The standard InChI is InChI=1S/C19H18N4O2/c1-2-25-18-6-5-16(13-22-18)19(24)23-11-14-7-9-21-17(10-14)15-4-3-8-20-12-15/h3-10,12-13H,2,11H2,1H3,(H,23,24). The van der Waals surface area contributed by atoms with Crippen molar-refractivity contribution in [1.82, 2.24) is 20.3 Å². The van der Waals surface area contributed by atoms with Crippen molar-refractivity contribution in [2.45, 2.75) is 13.5 Å². The lowest BCUT2D eigenvalue weighted by Gasteiger charge is -2.07. The molecule has 25 heavy (non-hydrogen) atoms. The lowest BCUT2D eigenvalue weighted by molar-refractivity contribution is 0.0950. The van der Waals surface area contributed by atoms with Gasteiger partial charge in [0.15, 0.2) is 0 Å². The van der Waals surface area contributed by atoms with Gasteiger partial charge in [-0.1, -0.05) is 0 Å². The van der Waals surface area contributed by atoms with Gasteiger partial charge < -0.3 is 10.1 Å². The van der Waals surface area contributed by atoms with Gasteiger partial charge >= 0.3 is 0 Å². The highest BCUT2D eigenvalue weighted by molar-refractivity contribution is 5.93. The Morgan fingerprint density at radius 3 is 2.76 bits per heavy atom. The number of carbonyl (C=O) groups excluding carboxylic acids is 1. The van der Waals surface area contributed by atoms with E-state index in [1.165, 1.54) is 6.20 Å². The van der Waals surface area contributed by atoms with Crippen LogP contribution in [0.25, 0.3) is 11.3 Å². The molecule has 0 saturated carbocycles. The number of ether oxygens (including phenoxy) is 1. The van der Waals surface area contributed by atoms with E-state index in [1.54, 1.807) is 30.7 Å². The molecule has 0 aliphatic carbocycles. The van der Waals surface area contributed by atoms with E-state index in [0.717, 1.165) is 16.8 Å². The maximum absolute atomic E-state index is 12.2. The van der Waals surface area contributed by atoms with Crippen LogP contribution in [0.1, 0.15) is 22.8 Å². The molecule has 0 atom stereocenters. The second-order valence-electron chi connectivity index (χ2n) is 5.29. The summed E-state index contributed by atoms with van der Waals surface area (Å²) in [4.78, 5) is 24.8. The monoisotopic (exact) mass is 334 g/mol. The summed E-state index contributed by atoms with van der Waals surface area (Å²) in [6.07, 6.45) is 6.71. The number of aromatic nitrogens is 3. The van der Waals surface area contributed by atoms with Crippen molar-refractivity contribution in [2.24, 2.45) is 0 Å². The van der Waals surface area contributed by atoms with Gasteiger partial charge in [-0.15, -0.1) is 0 Å². The van der Waals surface area contributed by atoms with Crippen LogP contribution >= 0.6 is 0 Å². The van der Waals surface area contributed by atoms with Gasteiger partial charge in [-0.25, -0.2) is 4.98 Å². The van der Waals surface area contributed by atoms with Crippen molar-refractivity contribution >= 4 is 5.91 Å². The smallest absolute Gasteiger partial charge is 0.253 e. The molecule has 0 unspecified atom stereocenters. The molecule has 0 aliphatic rings. The van der Waals surface area contributed by atoms with E-state index in [9.17, 15) is 4.79 Å². The summed E-state index contributed by atoms with van der Waals surface area (Å²) in [6.45, 7) is 2.83. The van der Waals surface area contributed by atoms with Crippen LogP contribution in [-0.2, 0) is 6.54 Å². The van der Waals surface area contributed by atoms with Crippen LogP contribution in [0.4, 0.5) is 0 Å². The van der Waals surface area contributed by atoms with Gasteiger partial charge in [0, 0.05) is 43.0 Å². The second kappa shape index (κ2) is 8.01. The quantitative estimate of drug-likeness (QED) is 0.750. The SMILES string of the molecule is CCOc1ccc(C(=O)NCc2ccnc(-c3cccnc3)c2)cn1. The molecular formula is C19H18N4O2. The van der Waals surface area contributed by atoms with Gasteiger partial charge in [0.1, 0.15) is 0 Å². The Morgan fingerprint density at radius 2 is 2.04 bits per heavy atom. The highest BCUT2D eigenvalue weighted by atomic mass is 16.5. The number of hydrogen-bond acceptors (Lipinski definition) is 5. The number of nitrogens with zero attached hydrogens (tertiary/aromatic N) is 3. The summed E-state index contributed by atoms with van der Waals surface area (Å²) < 4.78 is 5.27. The summed E-state index contributed by atoms with van der Waals surface area (Å²) >= 11 is 0. The van der Waals surface area contributed by atoms with Gasteiger partial charge in [0.25, 0.3) is 5.91 Å². The van der Waals surface area contributed by atoms with Crippen LogP contribution in [-0.4, -0.2) is 27.5 Å². The first-order valence-corrected chi connectivity index (χ1v) is 7.98. The topological polar surface area (TPSA) is 77.0 Å². The number of rotatable bonds is 6. The lowest BCUT2D eigenvalue weighted by atomic mass is 10.1. The van der Waals surface area contributed by atoms with Gasteiger partial charge in [-0.2, -0.15) is 0 Å². The van der Waals surface area contributed by atoms with Crippen molar-refractivity contribution in [3.05, 3.63) is 72.3 Å². The molecule has 0 fully saturated rings. The van der Waals surface area contributed by atoms with Crippen molar-refractivity contribution in [3.8, 4) is 17.1 Å². The normalized spacial score (nSPS) is 10.3. The second-order valence-corrected chi connectivity index (χ2v) is 5.29. The molecule has 3 aromatic heterocycles. The zero-order valence-corrected chi connectivity index (χ0v) is 13.8.